The van der Waals surface area contributed by atoms with Gasteiger partial charge in [0.2, 0.25) is 0 Å². The van der Waals surface area contributed by atoms with Crippen LogP contribution in [-0.2, 0) is 4.79 Å². The van der Waals surface area contributed by atoms with Gasteiger partial charge in [-0.05, 0) is 37.6 Å². The van der Waals surface area contributed by atoms with Crippen LogP contribution >= 0.6 is 0 Å². The van der Waals surface area contributed by atoms with E-state index in [0.717, 1.165) is 0 Å². The number of hydrogen-bond donors (Lipinski definition) is 1. The number of ether oxygens (including phenoxy) is 2. The molecule has 0 unspecified atom stereocenters. The standard InChI is InChI=1S/C15H16F2N2O3/c1-9(2)19-14(20)11(8-18)6-10-4-5-12(21-3)13(7-10)22-15(16)17/h4-7,9,15H,1-3H3,(H,19,20)/b11-6+. The molecule has 0 spiro atoms. The van der Waals surface area contributed by atoms with E-state index in [0.29, 0.717) is 5.56 Å². The molecule has 0 heterocycles. The van der Waals surface area contributed by atoms with Gasteiger partial charge in [0.25, 0.3) is 5.91 Å². The highest BCUT2D eigenvalue weighted by Gasteiger charge is 2.13. The SMILES string of the molecule is COc1ccc(/C=C(\C#N)C(=O)NC(C)C)cc1OC(F)F. The summed E-state index contributed by atoms with van der Waals surface area (Å²) in [6.45, 7) is 0.511. The minimum Gasteiger partial charge on any atom is -0.493 e. The second kappa shape index (κ2) is 7.98. The smallest absolute Gasteiger partial charge is 0.387 e. The lowest BCUT2D eigenvalue weighted by molar-refractivity contribution is -0.117. The Bertz CT molecular complexity index is 607. The van der Waals surface area contributed by atoms with Crippen LogP contribution in [-0.4, -0.2) is 25.7 Å². The number of nitrogens with one attached hydrogen (secondary N) is 1. The van der Waals surface area contributed by atoms with Crippen molar-refractivity contribution in [3.8, 4) is 17.6 Å². The van der Waals surface area contributed by atoms with Crippen molar-refractivity contribution in [1.82, 2.24) is 5.32 Å². The van der Waals surface area contributed by atoms with E-state index in [-0.39, 0.29) is 23.1 Å². The number of benzene rings is 1. The van der Waals surface area contributed by atoms with Crippen LogP contribution in [0.1, 0.15) is 19.4 Å². The Labute approximate surface area is 127 Å². The van der Waals surface area contributed by atoms with Crippen LogP contribution in [0.2, 0.25) is 0 Å². The fraction of sp³-hybridized carbons (Fsp3) is 0.333. The van der Waals surface area contributed by atoms with Crippen LogP contribution < -0.4 is 14.8 Å². The molecule has 7 heteroatoms. The summed E-state index contributed by atoms with van der Waals surface area (Å²) in [6, 6.07) is 5.86. The van der Waals surface area contributed by atoms with Crippen molar-refractivity contribution < 1.29 is 23.0 Å². The monoisotopic (exact) mass is 310 g/mol. The van der Waals surface area contributed by atoms with Crippen LogP contribution in [0, 0.1) is 11.3 Å². The summed E-state index contributed by atoms with van der Waals surface area (Å²) < 4.78 is 34.0. The lowest BCUT2D eigenvalue weighted by atomic mass is 10.1. The van der Waals surface area contributed by atoms with Gasteiger partial charge in [-0.1, -0.05) is 6.07 Å². The average Bonchev–Trinajstić information content (AvgIpc) is 2.43. The van der Waals surface area contributed by atoms with Crippen molar-refractivity contribution in [1.29, 1.82) is 5.26 Å². The maximum atomic E-state index is 12.4. The largest absolute Gasteiger partial charge is 0.493 e. The summed E-state index contributed by atoms with van der Waals surface area (Å²) in [7, 11) is 1.32. The van der Waals surface area contributed by atoms with E-state index >= 15 is 0 Å². The summed E-state index contributed by atoms with van der Waals surface area (Å²) in [5, 5.41) is 11.6. The average molecular weight is 310 g/mol. The normalized spacial score (nSPS) is 11.3. The number of carbonyl (C=O) groups is 1. The summed E-state index contributed by atoms with van der Waals surface area (Å²) in [5.41, 5.74) is 0.230. The molecule has 1 rings (SSSR count). The Morgan fingerprint density at radius 2 is 2.05 bits per heavy atom. The van der Waals surface area contributed by atoms with Gasteiger partial charge >= 0.3 is 6.61 Å². The van der Waals surface area contributed by atoms with Crippen molar-refractivity contribution in [3.05, 3.63) is 29.3 Å². The van der Waals surface area contributed by atoms with E-state index in [9.17, 15) is 13.6 Å². The fourth-order valence-corrected chi connectivity index (χ4v) is 1.63. The first-order valence-corrected chi connectivity index (χ1v) is 6.43. The molecule has 0 aliphatic carbocycles. The molecular weight excluding hydrogens is 294 g/mol. The highest BCUT2D eigenvalue weighted by atomic mass is 19.3. The number of carbonyl (C=O) groups excluding carboxylic acids is 1. The molecule has 0 fully saturated rings. The third-order valence-corrected chi connectivity index (χ3v) is 2.50. The molecule has 0 aliphatic rings. The lowest BCUT2D eigenvalue weighted by Crippen LogP contribution is -2.30. The van der Waals surface area contributed by atoms with Gasteiger partial charge in [-0.25, -0.2) is 0 Å². The van der Waals surface area contributed by atoms with Crippen molar-refractivity contribution in [2.24, 2.45) is 0 Å². The van der Waals surface area contributed by atoms with Gasteiger partial charge in [-0.2, -0.15) is 14.0 Å². The van der Waals surface area contributed by atoms with Crippen molar-refractivity contribution in [2.75, 3.05) is 7.11 Å². The van der Waals surface area contributed by atoms with E-state index < -0.39 is 12.5 Å². The third-order valence-electron chi connectivity index (χ3n) is 2.50. The van der Waals surface area contributed by atoms with Gasteiger partial charge in [-0.15, -0.1) is 0 Å². The van der Waals surface area contributed by atoms with E-state index in [1.165, 1.54) is 31.4 Å². The Morgan fingerprint density at radius 3 is 2.55 bits per heavy atom. The quantitative estimate of drug-likeness (QED) is 0.648. The highest BCUT2D eigenvalue weighted by Crippen LogP contribution is 2.30. The summed E-state index contributed by atoms with van der Waals surface area (Å²) >= 11 is 0. The maximum absolute atomic E-state index is 12.4. The molecule has 0 aliphatic heterocycles. The minimum absolute atomic E-state index is 0.127. The summed E-state index contributed by atoms with van der Waals surface area (Å²) in [4.78, 5) is 11.8. The zero-order valence-corrected chi connectivity index (χ0v) is 12.4. The van der Waals surface area contributed by atoms with Gasteiger partial charge in [-0.3, -0.25) is 4.79 Å². The van der Waals surface area contributed by atoms with Gasteiger partial charge in [0, 0.05) is 6.04 Å². The first kappa shape index (κ1) is 17.4. The third kappa shape index (κ3) is 5.05. The number of methoxy groups -OCH3 is 1. The second-order valence-corrected chi connectivity index (χ2v) is 4.59. The molecule has 0 bridgehead atoms. The van der Waals surface area contributed by atoms with Gasteiger partial charge in [0.1, 0.15) is 11.6 Å². The number of rotatable bonds is 6. The Morgan fingerprint density at radius 1 is 1.36 bits per heavy atom. The zero-order valence-electron chi connectivity index (χ0n) is 12.4. The van der Waals surface area contributed by atoms with E-state index in [1.54, 1.807) is 19.9 Å². The Hall–Kier alpha value is -2.62. The molecular formula is C15H16F2N2O3. The lowest BCUT2D eigenvalue weighted by Gasteiger charge is -2.11. The second-order valence-electron chi connectivity index (χ2n) is 4.59. The van der Waals surface area contributed by atoms with Crippen LogP contribution in [0.4, 0.5) is 8.78 Å². The number of nitriles is 1. The highest BCUT2D eigenvalue weighted by molar-refractivity contribution is 6.01. The topological polar surface area (TPSA) is 71.3 Å². The number of hydrogen-bond acceptors (Lipinski definition) is 4. The molecule has 1 aromatic carbocycles. The van der Waals surface area contributed by atoms with Crippen LogP contribution in [0.15, 0.2) is 23.8 Å². The predicted octanol–water partition coefficient (Wildman–Crippen LogP) is 2.73. The van der Waals surface area contributed by atoms with Gasteiger partial charge < -0.3 is 14.8 Å². The number of alkyl halides is 2. The molecule has 0 saturated carbocycles. The predicted molar refractivity (Wildman–Crippen MR) is 76.5 cm³/mol. The van der Waals surface area contributed by atoms with Crippen LogP contribution in [0.3, 0.4) is 0 Å². The van der Waals surface area contributed by atoms with Crippen molar-refractivity contribution in [3.63, 3.8) is 0 Å². The van der Waals surface area contributed by atoms with Crippen LogP contribution in [0.25, 0.3) is 6.08 Å². The fourth-order valence-electron chi connectivity index (χ4n) is 1.63. The molecule has 0 atom stereocenters. The number of amides is 1. The van der Waals surface area contributed by atoms with E-state index in [2.05, 4.69) is 10.1 Å². The molecule has 1 aromatic rings. The van der Waals surface area contributed by atoms with E-state index in [1.807, 2.05) is 0 Å². The van der Waals surface area contributed by atoms with Gasteiger partial charge in [0.15, 0.2) is 11.5 Å². The molecule has 1 N–H and O–H groups in total. The molecule has 5 nitrogen and oxygen atoms in total. The van der Waals surface area contributed by atoms with Crippen molar-refractivity contribution >= 4 is 12.0 Å². The maximum Gasteiger partial charge on any atom is 0.387 e. The minimum atomic E-state index is -3.01. The van der Waals surface area contributed by atoms with Gasteiger partial charge in [0.05, 0.1) is 7.11 Å². The molecule has 118 valence electrons. The van der Waals surface area contributed by atoms with Crippen molar-refractivity contribution in [2.45, 2.75) is 26.5 Å². The summed E-state index contributed by atoms with van der Waals surface area (Å²) in [6.07, 6.45) is 1.29. The molecule has 0 saturated heterocycles. The Balaban J connectivity index is 3.12. The first-order chi connectivity index (χ1) is 10.4. The molecule has 22 heavy (non-hydrogen) atoms. The molecule has 0 radical (unpaired) electrons. The molecule has 0 aromatic heterocycles. The summed E-state index contributed by atoms with van der Waals surface area (Å²) in [5.74, 6) is -0.583. The van der Waals surface area contributed by atoms with Crippen LogP contribution in [0.5, 0.6) is 11.5 Å². The van der Waals surface area contributed by atoms with E-state index in [4.69, 9.17) is 10.00 Å². The number of halogens is 2. The first-order valence-electron chi connectivity index (χ1n) is 6.43. The number of nitrogens with zero attached hydrogens (tertiary/aromatic N) is 1. The molecule has 1 amide bonds. The zero-order chi connectivity index (χ0) is 16.7. The Kier molecular flexibility index (Phi) is 6.32.